The molecule has 3 aromatic rings. The van der Waals surface area contributed by atoms with Gasteiger partial charge in [-0.25, -0.2) is 8.42 Å². The molecule has 5 rings (SSSR count). The fourth-order valence-electron chi connectivity index (χ4n) is 4.22. The second-order valence-corrected chi connectivity index (χ2v) is 13.1. The largest absolute Gasteiger partial charge is 0.379 e. The van der Waals surface area contributed by atoms with Crippen LogP contribution in [0.5, 0.6) is 0 Å². The van der Waals surface area contributed by atoms with Crippen LogP contribution in [0.25, 0.3) is 10.9 Å². The first-order valence-electron chi connectivity index (χ1n) is 11.5. The Bertz CT molecular complexity index is 1560. The number of halogens is 2. The molecule has 2 aromatic carbocycles. The summed E-state index contributed by atoms with van der Waals surface area (Å²) in [6, 6.07) is 10.1. The third kappa shape index (κ3) is 5.98. The summed E-state index contributed by atoms with van der Waals surface area (Å²) in [6.45, 7) is 1.57. The van der Waals surface area contributed by atoms with Crippen LogP contribution in [0, 0.1) is 0 Å². The molecule has 11 nitrogen and oxygen atoms in total. The van der Waals surface area contributed by atoms with E-state index in [1.165, 1.54) is 30.3 Å². The molecule has 1 saturated heterocycles. The van der Waals surface area contributed by atoms with Gasteiger partial charge in [0.25, 0.3) is 10.0 Å². The van der Waals surface area contributed by atoms with E-state index >= 15 is 0 Å². The molecule has 0 amide bonds. The number of aromatic nitrogens is 1. The molecule has 2 aliphatic heterocycles. The minimum atomic E-state index is -4.80. The van der Waals surface area contributed by atoms with Crippen LogP contribution >= 0.6 is 30.8 Å². The number of fused-ring (bicyclic) bond motifs is 1. The smallest absolute Gasteiger partial charge is 0.345 e. The molecule has 1 aromatic heterocycles. The van der Waals surface area contributed by atoms with Gasteiger partial charge >= 0.3 is 7.60 Å². The van der Waals surface area contributed by atoms with E-state index in [0.717, 1.165) is 6.42 Å². The van der Waals surface area contributed by atoms with E-state index in [1.807, 2.05) is 0 Å². The van der Waals surface area contributed by atoms with Gasteiger partial charge in [0.15, 0.2) is 12.1 Å². The van der Waals surface area contributed by atoms with Crippen molar-refractivity contribution in [3.8, 4) is 0 Å². The number of nitrogens with zero attached hydrogens (tertiary/aromatic N) is 4. The quantitative estimate of drug-likeness (QED) is 0.393. The molecule has 1 fully saturated rings. The molecule has 0 bridgehead atoms. The third-order valence-electron chi connectivity index (χ3n) is 5.95. The molecule has 0 aliphatic carbocycles. The lowest BCUT2D eigenvalue weighted by atomic mass is 10.2. The number of rotatable bonds is 7. The normalized spacial score (nSPS) is 20.2. The monoisotopic (exact) mass is 600 g/mol. The van der Waals surface area contributed by atoms with Gasteiger partial charge in [-0.3, -0.25) is 18.9 Å². The van der Waals surface area contributed by atoms with E-state index < -0.39 is 23.9 Å². The van der Waals surface area contributed by atoms with Crippen molar-refractivity contribution in [3.05, 3.63) is 58.7 Å². The summed E-state index contributed by atoms with van der Waals surface area (Å²) in [5.41, 5.74) is 0.753. The van der Waals surface area contributed by atoms with Gasteiger partial charge in [-0.2, -0.15) is 0 Å². The van der Waals surface area contributed by atoms with Crippen molar-refractivity contribution in [1.29, 1.82) is 0 Å². The summed E-state index contributed by atoms with van der Waals surface area (Å²) in [5, 5.41) is 0.757. The molecule has 15 heteroatoms. The Hall–Kier alpha value is -2.28. The molecule has 1 unspecified atom stereocenters. The van der Waals surface area contributed by atoms with Crippen molar-refractivity contribution < 1.29 is 32.2 Å². The first-order valence-corrected chi connectivity index (χ1v) is 15.4. The van der Waals surface area contributed by atoms with Crippen molar-refractivity contribution in [2.45, 2.75) is 23.6 Å². The van der Waals surface area contributed by atoms with Crippen LogP contribution < -0.4 is 4.31 Å². The number of hydrogen-bond acceptors (Lipinski definition) is 7. The average molecular weight is 601 g/mol. The summed E-state index contributed by atoms with van der Waals surface area (Å²) >= 11 is 12.0. The van der Waals surface area contributed by atoms with Crippen LogP contribution in [-0.2, 0) is 24.1 Å². The number of aliphatic imine (C=N–C) groups is 2. The maximum Gasteiger partial charge on any atom is 0.345 e. The van der Waals surface area contributed by atoms with Crippen LogP contribution in [0.15, 0.2) is 63.5 Å². The Kier molecular flexibility index (Phi) is 7.69. The minimum absolute atomic E-state index is 0.00930. The highest BCUT2D eigenvalue weighted by Gasteiger charge is 2.32. The van der Waals surface area contributed by atoms with Gasteiger partial charge in [0.2, 0.25) is 0 Å². The molecular formula is C23H23Cl2N4O7PS. The average Bonchev–Trinajstić information content (AvgIpc) is 3.51. The van der Waals surface area contributed by atoms with Crippen molar-refractivity contribution in [1.82, 2.24) is 4.57 Å². The lowest BCUT2D eigenvalue weighted by Gasteiger charge is -2.25. The van der Waals surface area contributed by atoms with E-state index in [4.69, 9.17) is 32.7 Å². The van der Waals surface area contributed by atoms with E-state index in [1.54, 1.807) is 29.1 Å². The van der Waals surface area contributed by atoms with Gasteiger partial charge in [-0.15, -0.1) is 0 Å². The number of anilines is 1. The van der Waals surface area contributed by atoms with Crippen LogP contribution in [0.4, 0.5) is 5.69 Å². The summed E-state index contributed by atoms with van der Waals surface area (Å²) in [5.74, 6) is 0.573. The lowest BCUT2D eigenvalue weighted by molar-refractivity contribution is -0.00635. The zero-order chi connectivity index (χ0) is 27.1. The second-order valence-electron chi connectivity index (χ2n) is 8.75. The maximum atomic E-state index is 13.5. The van der Waals surface area contributed by atoms with Crippen molar-refractivity contribution in [2.24, 2.45) is 9.98 Å². The highest BCUT2D eigenvalue weighted by atomic mass is 35.5. The number of ether oxygens (including phenoxy) is 2. The SMILES string of the molecule is O=P(O)(O)CN(c1ccc2c(ccn2C2=NCC(O[C@H]3CCOC3)N=C2)c1)S(=O)(=O)c1cc(Cl)cc(Cl)c1. The summed E-state index contributed by atoms with van der Waals surface area (Å²) in [7, 11) is -9.24. The topological polar surface area (TPSA) is 143 Å². The fourth-order valence-corrected chi connectivity index (χ4v) is 7.63. The molecule has 0 radical (unpaired) electrons. The standard InChI is InChI=1S/C23H23Cl2N4O7PS/c24-16-8-17(25)10-20(9-16)38(33,34)29(14-37(30,31)32)18-1-2-21-15(7-18)3-5-28(21)22-11-27-23(12-26-22)36-19-4-6-35-13-19/h1-3,5,7-11,19,23H,4,6,12-14H2,(H2,30,31,32)/t19-,23?/m0/s1. The van der Waals surface area contributed by atoms with E-state index in [2.05, 4.69) is 9.98 Å². The molecule has 0 spiro atoms. The Morgan fingerprint density at radius 2 is 1.92 bits per heavy atom. The summed E-state index contributed by atoms with van der Waals surface area (Å²) < 4.78 is 52.5. The van der Waals surface area contributed by atoms with Gasteiger partial charge in [0.1, 0.15) is 6.29 Å². The van der Waals surface area contributed by atoms with Crippen LogP contribution in [0.2, 0.25) is 10.0 Å². The van der Waals surface area contributed by atoms with Crippen molar-refractivity contribution in [2.75, 3.05) is 30.3 Å². The van der Waals surface area contributed by atoms with Gasteiger partial charge < -0.3 is 23.8 Å². The Morgan fingerprint density at radius 1 is 1.16 bits per heavy atom. The summed E-state index contributed by atoms with van der Waals surface area (Å²) in [4.78, 5) is 28.1. The minimum Gasteiger partial charge on any atom is -0.379 e. The van der Waals surface area contributed by atoms with E-state index in [0.29, 0.717) is 40.8 Å². The van der Waals surface area contributed by atoms with Crippen LogP contribution in [-0.4, -0.2) is 73.2 Å². The molecule has 38 heavy (non-hydrogen) atoms. The molecule has 2 atom stereocenters. The zero-order valence-corrected chi connectivity index (χ0v) is 22.9. The second kappa shape index (κ2) is 10.7. The van der Waals surface area contributed by atoms with Gasteiger partial charge in [-0.05, 0) is 48.9 Å². The van der Waals surface area contributed by atoms with Gasteiger partial charge in [0, 0.05) is 28.2 Å². The highest BCUT2D eigenvalue weighted by Crippen LogP contribution is 2.40. The number of hydrogen-bond donors (Lipinski definition) is 2. The first-order chi connectivity index (χ1) is 18.0. The Balaban J connectivity index is 1.45. The van der Waals surface area contributed by atoms with Crippen molar-refractivity contribution >= 4 is 69.5 Å². The third-order valence-corrected chi connectivity index (χ3v) is 8.98. The number of benzene rings is 2. The van der Waals surface area contributed by atoms with Crippen molar-refractivity contribution in [3.63, 3.8) is 0 Å². The Morgan fingerprint density at radius 3 is 2.55 bits per heavy atom. The van der Waals surface area contributed by atoms with Crippen LogP contribution in [0.3, 0.4) is 0 Å². The van der Waals surface area contributed by atoms with Crippen LogP contribution in [0.1, 0.15) is 6.42 Å². The molecule has 2 aliphatic rings. The first kappa shape index (κ1) is 27.3. The van der Waals surface area contributed by atoms with Gasteiger partial charge in [-0.1, -0.05) is 23.2 Å². The van der Waals surface area contributed by atoms with Gasteiger partial charge in [0.05, 0.1) is 41.6 Å². The predicted octanol–water partition coefficient (Wildman–Crippen LogP) is 3.74. The molecule has 0 saturated carbocycles. The highest BCUT2D eigenvalue weighted by molar-refractivity contribution is 7.93. The zero-order valence-electron chi connectivity index (χ0n) is 19.7. The molecule has 202 valence electrons. The predicted molar refractivity (Wildman–Crippen MR) is 145 cm³/mol. The summed E-state index contributed by atoms with van der Waals surface area (Å²) in [6.07, 6.45) is 2.75. The molecular weight excluding hydrogens is 578 g/mol. The van der Waals surface area contributed by atoms with E-state index in [-0.39, 0.29) is 33.0 Å². The molecule has 2 N–H and O–H groups in total. The Labute approximate surface area is 228 Å². The fraction of sp³-hybridized carbons (Fsp3) is 0.304. The number of sulfonamides is 1. The lowest BCUT2D eigenvalue weighted by Crippen LogP contribution is -2.32. The van der Waals surface area contributed by atoms with E-state index in [9.17, 15) is 22.8 Å². The maximum absolute atomic E-state index is 13.5. The molecule has 3 heterocycles.